The molecular weight excluding hydrogens is 276 g/mol. The Balaban J connectivity index is 2.26. The summed E-state index contributed by atoms with van der Waals surface area (Å²) in [6.07, 6.45) is 2.28. The summed E-state index contributed by atoms with van der Waals surface area (Å²) in [5, 5.41) is 11.1. The standard InChI is InChI=1S/C19H16O3/c1-2-8-14(13-9-4-3-5-10-13)17-18(20)15-11-6-7-12-16(15)22-19(17)21/h2-7,9-12,14,20H,1,8H2. The van der Waals surface area contributed by atoms with Gasteiger partial charge in [0.1, 0.15) is 11.3 Å². The molecule has 0 bridgehead atoms. The third-order valence-corrected chi connectivity index (χ3v) is 3.77. The number of allylic oxidation sites excluding steroid dienone is 1. The van der Waals surface area contributed by atoms with Crippen molar-refractivity contribution in [3.63, 3.8) is 0 Å². The van der Waals surface area contributed by atoms with Gasteiger partial charge in [-0.15, -0.1) is 6.58 Å². The molecule has 0 saturated heterocycles. The molecule has 1 unspecified atom stereocenters. The van der Waals surface area contributed by atoms with Crippen LogP contribution >= 0.6 is 0 Å². The van der Waals surface area contributed by atoms with Gasteiger partial charge >= 0.3 is 5.63 Å². The highest BCUT2D eigenvalue weighted by atomic mass is 16.4. The van der Waals surface area contributed by atoms with E-state index in [2.05, 4.69) is 6.58 Å². The van der Waals surface area contributed by atoms with Gasteiger partial charge in [0.2, 0.25) is 0 Å². The molecule has 0 fully saturated rings. The molecule has 1 N–H and O–H groups in total. The Morgan fingerprint density at radius 3 is 2.50 bits per heavy atom. The van der Waals surface area contributed by atoms with Crippen LogP contribution in [0.3, 0.4) is 0 Å². The van der Waals surface area contributed by atoms with E-state index in [1.165, 1.54) is 0 Å². The summed E-state index contributed by atoms with van der Waals surface area (Å²) >= 11 is 0. The maximum atomic E-state index is 12.4. The van der Waals surface area contributed by atoms with Gasteiger partial charge in [-0.1, -0.05) is 48.5 Å². The van der Waals surface area contributed by atoms with E-state index >= 15 is 0 Å². The summed E-state index contributed by atoms with van der Waals surface area (Å²) < 4.78 is 5.37. The van der Waals surface area contributed by atoms with Gasteiger partial charge in [0, 0.05) is 5.92 Å². The van der Waals surface area contributed by atoms with E-state index in [0.717, 1.165) is 5.56 Å². The van der Waals surface area contributed by atoms with E-state index in [0.29, 0.717) is 17.4 Å². The topological polar surface area (TPSA) is 50.4 Å². The van der Waals surface area contributed by atoms with Gasteiger partial charge in [-0.25, -0.2) is 4.79 Å². The van der Waals surface area contributed by atoms with Gasteiger partial charge < -0.3 is 9.52 Å². The highest BCUT2D eigenvalue weighted by Crippen LogP contribution is 2.35. The predicted octanol–water partition coefficient (Wildman–Crippen LogP) is 4.21. The average Bonchev–Trinajstić information content (AvgIpc) is 2.55. The van der Waals surface area contributed by atoms with Gasteiger partial charge in [-0.3, -0.25) is 0 Å². The summed E-state index contributed by atoms with van der Waals surface area (Å²) in [7, 11) is 0. The van der Waals surface area contributed by atoms with Crippen molar-refractivity contribution in [1.82, 2.24) is 0 Å². The zero-order valence-corrected chi connectivity index (χ0v) is 12.0. The molecule has 0 spiro atoms. The fourth-order valence-corrected chi connectivity index (χ4v) is 2.73. The SMILES string of the molecule is C=CCC(c1ccccc1)c1c(O)c2ccccc2oc1=O. The second-order valence-corrected chi connectivity index (χ2v) is 5.14. The lowest BCUT2D eigenvalue weighted by molar-refractivity contribution is 0.451. The van der Waals surface area contributed by atoms with Crippen molar-refractivity contribution in [2.45, 2.75) is 12.3 Å². The summed E-state index contributed by atoms with van der Waals surface area (Å²) in [6.45, 7) is 3.76. The molecular formula is C19H16O3. The van der Waals surface area contributed by atoms with Crippen LogP contribution in [0.2, 0.25) is 0 Å². The second kappa shape index (κ2) is 5.90. The van der Waals surface area contributed by atoms with Gasteiger partial charge in [0.25, 0.3) is 0 Å². The maximum absolute atomic E-state index is 12.4. The Morgan fingerprint density at radius 1 is 1.09 bits per heavy atom. The van der Waals surface area contributed by atoms with Crippen LogP contribution in [0.5, 0.6) is 5.75 Å². The molecule has 0 amide bonds. The molecule has 3 rings (SSSR count). The average molecular weight is 292 g/mol. The molecule has 0 radical (unpaired) electrons. The van der Waals surface area contributed by atoms with Gasteiger partial charge in [0.15, 0.2) is 0 Å². The van der Waals surface area contributed by atoms with Gasteiger partial charge in [0.05, 0.1) is 10.9 Å². The Kier molecular flexibility index (Phi) is 3.79. The van der Waals surface area contributed by atoms with E-state index in [1.807, 2.05) is 30.3 Å². The van der Waals surface area contributed by atoms with Crippen molar-refractivity contribution in [2.24, 2.45) is 0 Å². The Labute approximate surface area is 128 Å². The van der Waals surface area contributed by atoms with Crippen LogP contribution in [0.15, 0.2) is 76.5 Å². The largest absolute Gasteiger partial charge is 0.507 e. The molecule has 1 atom stereocenters. The lowest BCUT2D eigenvalue weighted by Gasteiger charge is -2.17. The Bertz CT molecular complexity index is 863. The molecule has 0 saturated carbocycles. The van der Waals surface area contributed by atoms with E-state index in [9.17, 15) is 9.90 Å². The van der Waals surface area contributed by atoms with Crippen LogP contribution in [-0.4, -0.2) is 5.11 Å². The Morgan fingerprint density at radius 2 is 1.77 bits per heavy atom. The smallest absolute Gasteiger partial charge is 0.343 e. The highest BCUT2D eigenvalue weighted by Gasteiger charge is 2.23. The zero-order chi connectivity index (χ0) is 15.5. The predicted molar refractivity (Wildman–Crippen MR) is 87.2 cm³/mol. The molecule has 2 aromatic carbocycles. The number of fused-ring (bicyclic) bond motifs is 1. The molecule has 110 valence electrons. The minimum Gasteiger partial charge on any atom is -0.507 e. The highest BCUT2D eigenvalue weighted by molar-refractivity contribution is 5.84. The van der Waals surface area contributed by atoms with Crippen molar-refractivity contribution in [3.05, 3.63) is 88.8 Å². The van der Waals surface area contributed by atoms with E-state index in [-0.39, 0.29) is 17.2 Å². The monoisotopic (exact) mass is 292 g/mol. The zero-order valence-electron chi connectivity index (χ0n) is 12.0. The van der Waals surface area contributed by atoms with Gasteiger partial charge in [-0.05, 0) is 24.1 Å². The first-order valence-corrected chi connectivity index (χ1v) is 7.13. The first-order chi connectivity index (χ1) is 10.7. The lowest BCUT2D eigenvalue weighted by atomic mass is 9.88. The third-order valence-electron chi connectivity index (χ3n) is 3.77. The molecule has 0 aliphatic rings. The van der Waals surface area contributed by atoms with Crippen LogP contribution < -0.4 is 5.63 Å². The summed E-state index contributed by atoms with van der Waals surface area (Å²) in [6, 6.07) is 16.6. The molecule has 3 heteroatoms. The number of para-hydroxylation sites is 1. The number of aromatic hydroxyl groups is 1. The molecule has 3 nitrogen and oxygen atoms in total. The van der Waals surface area contributed by atoms with Crippen molar-refractivity contribution in [2.75, 3.05) is 0 Å². The quantitative estimate of drug-likeness (QED) is 0.579. The number of benzene rings is 2. The molecule has 0 aliphatic carbocycles. The molecule has 3 aromatic rings. The first-order valence-electron chi connectivity index (χ1n) is 7.13. The van der Waals surface area contributed by atoms with Crippen molar-refractivity contribution < 1.29 is 9.52 Å². The van der Waals surface area contributed by atoms with E-state index in [1.54, 1.807) is 30.3 Å². The van der Waals surface area contributed by atoms with Crippen LogP contribution in [0, 0.1) is 0 Å². The first kappa shape index (κ1) is 14.1. The summed E-state index contributed by atoms with van der Waals surface area (Å²) in [4.78, 5) is 12.4. The van der Waals surface area contributed by atoms with Crippen LogP contribution in [0.4, 0.5) is 0 Å². The molecule has 1 heterocycles. The summed E-state index contributed by atoms with van der Waals surface area (Å²) in [5.74, 6) is -0.290. The second-order valence-electron chi connectivity index (χ2n) is 5.14. The van der Waals surface area contributed by atoms with Crippen molar-refractivity contribution in [3.8, 4) is 5.75 Å². The van der Waals surface area contributed by atoms with E-state index < -0.39 is 5.63 Å². The summed E-state index contributed by atoms with van der Waals surface area (Å²) in [5.41, 5.74) is 1.11. The normalized spacial score (nSPS) is 12.2. The van der Waals surface area contributed by atoms with Crippen LogP contribution in [-0.2, 0) is 0 Å². The Hall–Kier alpha value is -2.81. The van der Waals surface area contributed by atoms with E-state index in [4.69, 9.17) is 4.42 Å². The lowest BCUT2D eigenvalue weighted by Crippen LogP contribution is -2.14. The fourth-order valence-electron chi connectivity index (χ4n) is 2.73. The molecule has 22 heavy (non-hydrogen) atoms. The molecule has 0 aliphatic heterocycles. The van der Waals surface area contributed by atoms with Crippen LogP contribution in [0.1, 0.15) is 23.5 Å². The number of hydrogen-bond acceptors (Lipinski definition) is 3. The third kappa shape index (κ3) is 2.42. The maximum Gasteiger partial charge on any atom is 0.343 e. The molecule has 1 aromatic heterocycles. The van der Waals surface area contributed by atoms with Crippen molar-refractivity contribution >= 4 is 11.0 Å². The fraction of sp³-hybridized carbons (Fsp3) is 0.105. The van der Waals surface area contributed by atoms with Crippen LogP contribution in [0.25, 0.3) is 11.0 Å². The minimum absolute atomic E-state index is 0.0115. The minimum atomic E-state index is -0.507. The van der Waals surface area contributed by atoms with Gasteiger partial charge in [-0.2, -0.15) is 0 Å². The number of rotatable bonds is 4. The van der Waals surface area contributed by atoms with Crippen molar-refractivity contribution in [1.29, 1.82) is 0 Å². The number of hydrogen-bond donors (Lipinski definition) is 1.